The lowest BCUT2D eigenvalue weighted by Crippen LogP contribution is -2.19. The lowest BCUT2D eigenvalue weighted by Gasteiger charge is -2.19. The van der Waals surface area contributed by atoms with Crippen molar-refractivity contribution in [1.82, 2.24) is 0 Å². The first kappa shape index (κ1) is 22.3. The van der Waals surface area contributed by atoms with Crippen LogP contribution in [0.15, 0.2) is 41.6 Å². The number of carbonyl (C=O) groups excluding carboxylic acids is 1. The predicted molar refractivity (Wildman–Crippen MR) is 116 cm³/mol. The largest absolute Gasteiger partial charge is 0.493 e. The normalized spacial score (nSPS) is 11.2. The molecule has 0 aliphatic carbocycles. The Bertz CT molecular complexity index is 834. The van der Waals surface area contributed by atoms with Crippen molar-refractivity contribution < 1.29 is 19.1 Å². The number of benzene rings is 2. The molecule has 29 heavy (non-hydrogen) atoms. The van der Waals surface area contributed by atoms with Gasteiger partial charge in [-0.25, -0.2) is 0 Å². The Morgan fingerprint density at radius 3 is 2.17 bits per heavy atom. The van der Waals surface area contributed by atoms with Crippen LogP contribution in [0.4, 0.5) is 5.69 Å². The molecule has 0 aliphatic heterocycles. The van der Waals surface area contributed by atoms with Gasteiger partial charge < -0.3 is 19.6 Å². The highest BCUT2D eigenvalue weighted by molar-refractivity contribution is 5.93. The molecule has 0 unspecified atom stereocenters. The van der Waals surface area contributed by atoms with Crippen LogP contribution in [0.3, 0.4) is 0 Å². The fourth-order valence-electron chi connectivity index (χ4n) is 3.00. The lowest BCUT2D eigenvalue weighted by atomic mass is 9.92. The summed E-state index contributed by atoms with van der Waals surface area (Å²) in [6.07, 6.45) is 1.52. The molecule has 0 saturated heterocycles. The lowest BCUT2D eigenvalue weighted by molar-refractivity contribution is -0.120. The number of nitrogens with one attached hydrogen (secondary N) is 1. The molecule has 6 heteroatoms. The van der Waals surface area contributed by atoms with E-state index in [2.05, 4.69) is 38.2 Å². The summed E-state index contributed by atoms with van der Waals surface area (Å²) in [7, 11) is 3.15. The molecule has 0 spiro atoms. The van der Waals surface area contributed by atoms with Crippen molar-refractivity contribution in [1.29, 1.82) is 0 Å². The van der Waals surface area contributed by atoms with Crippen molar-refractivity contribution in [3.8, 4) is 11.5 Å². The second kappa shape index (κ2) is 10.5. The number of hydrogen-bond donors (Lipinski definition) is 1. The van der Waals surface area contributed by atoms with Crippen molar-refractivity contribution in [2.75, 3.05) is 26.1 Å². The van der Waals surface area contributed by atoms with Crippen LogP contribution >= 0.6 is 0 Å². The number of hydrogen-bond acceptors (Lipinski definition) is 5. The summed E-state index contributed by atoms with van der Waals surface area (Å²) in [5.74, 6) is 1.58. The highest BCUT2D eigenvalue weighted by atomic mass is 16.6. The van der Waals surface area contributed by atoms with Crippen LogP contribution < -0.4 is 14.8 Å². The second-order valence-corrected chi connectivity index (χ2v) is 7.29. The molecule has 1 amide bonds. The van der Waals surface area contributed by atoms with Gasteiger partial charge >= 0.3 is 0 Å². The van der Waals surface area contributed by atoms with Crippen LogP contribution in [0.5, 0.6) is 11.5 Å². The molecule has 2 aromatic carbocycles. The van der Waals surface area contributed by atoms with Crippen molar-refractivity contribution >= 4 is 17.8 Å². The SMILES string of the molecule is COc1ccc(C=NOCC(=O)Nc2c(C(C)C)cccc2C(C)C)cc1OC. The van der Waals surface area contributed by atoms with Crippen molar-refractivity contribution in [2.45, 2.75) is 39.5 Å². The zero-order valence-electron chi connectivity index (χ0n) is 18.0. The number of methoxy groups -OCH3 is 2. The molecule has 0 radical (unpaired) electrons. The molecule has 0 aliphatic rings. The number of para-hydroxylation sites is 1. The summed E-state index contributed by atoms with van der Waals surface area (Å²) >= 11 is 0. The highest BCUT2D eigenvalue weighted by Gasteiger charge is 2.16. The van der Waals surface area contributed by atoms with E-state index in [0.29, 0.717) is 23.3 Å². The minimum Gasteiger partial charge on any atom is -0.493 e. The second-order valence-electron chi connectivity index (χ2n) is 7.29. The van der Waals surface area contributed by atoms with Gasteiger partial charge in [-0.05, 0) is 41.2 Å². The molecule has 0 bridgehead atoms. The minimum atomic E-state index is -0.246. The van der Waals surface area contributed by atoms with Gasteiger partial charge in [0.15, 0.2) is 18.1 Å². The Morgan fingerprint density at radius 2 is 1.62 bits per heavy atom. The van der Waals surface area contributed by atoms with Crippen LogP contribution in [0.1, 0.15) is 56.2 Å². The quantitative estimate of drug-likeness (QED) is 0.480. The first-order valence-electron chi connectivity index (χ1n) is 9.67. The van der Waals surface area contributed by atoms with Gasteiger partial charge in [0.05, 0.1) is 20.4 Å². The maximum Gasteiger partial charge on any atom is 0.265 e. The van der Waals surface area contributed by atoms with Gasteiger partial charge in [-0.3, -0.25) is 4.79 Å². The molecule has 2 rings (SSSR count). The van der Waals surface area contributed by atoms with E-state index in [4.69, 9.17) is 14.3 Å². The Hall–Kier alpha value is -3.02. The first-order chi connectivity index (χ1) is 13.9. The molecule has 2 aromatic rings. The molecule has 156 valence electrons. The number of amides is 1. The van der Waals surface area contributed by atoms with Gasteiger partial charge in [0.2, 0.25) is 0 Å². The molecule has 0 aromatic heterocycles. The van der Waals surface area contributed by atoms with Gasteiger partial charge in [-0.15, -0.1) is 0 Å². The third kappa shape index (κ3) is 5.98. The summed E-state index contributed by atoms with van der Waals surface area (Å²) in [6, 6.07) is 11.5. The van der Waals surface area contributed by atoms with Gasteiger partial charge in [0, 0.05) is 11.3 Å². The van der Waals surface area contributed by atoms with E-state index in [9.17, 15) is 4.79 Å². The monoisotopic (exact) mass is 398 g/mol. The molecule has 0 atom stereocenters. The van der Waals surface area contributed by atoms with E-state index in [1.54, 1.807) is 26.4 Å². The zero-order valence-corrected chi connectivity index (χ0v) is 18.0. The van der Waals surface area contributed by atoms with Crippen LogP contribution in [0, 0.1) is 0 Å². The fraction of sp³-hybridized carbons (Fsp3) is 0.391. The number of carbonyl (C=O) groups is 1. The van der Waals surface area contributed by atoms with Gasteiger partial charge in [0.25, 0.3) is 5.91 Å². The number of nitrogens with zero attached hydrogens (tertiary/aromatic N) is 1. The summed E-state index contributed by atoms with van der Waals surface area (Å²) in [5, 5.41) is 6.89. The Labute approximate surface area is 172 Å². The maximum atomic E-state index is 12.4. The third-order valence-electron chi connectivity index (χ3n) is 4.52. The standard InChI is InChI=1S/C23H30N2O4/c1-15(2)18-8-7-9-19(16(3)4)23(18)25-22(26)14-29-24-13-17-10-11-20(27-5)21(12-17)28-6/h7-13,15-16H,14H2,1-6H3,(H,25,26). The summed E-state index contributed by atoms with van der Waals surface area (Å²) in [5.41, 5.74) is 3.86. The van der Waals surface area contributed by atoms with E-state index >= 15 is 0 Å². The Kier molecular flexibility index (Phi) is 8.07. The highest BCUT2D eigenvalue weighted by Crippen LogP contribution is 2.32. The molecule has 1 N–H and O–H groups in total. The molecular weight excluding hydrogens is 368 g/mol. The average Bonchev–Trinajstić information content (AvgIpc) is 2.70. The van der Waals surface area contributed by atoms with E-state index in [1.807, 2.05) is 24.3 Å². The Morgan fingerprint density at radius 1 is 1.00 bits per heavy atom. The zero-order chi connectivity index (χ0) is 21.4. The molecular formula is C23H30N2O4. The molecule has 0 fully saturated rings. The molecule has 0 heterocycles. The molecule has 0 saturated carbocycles. The van der Waals surface area contributed by atoms with E-state index in [0.717, 1.165) is 22.4 Å². The minimum absolute atomic E-state index is 0.173. The van der Waals surface area contributed by atoms with Crippen LogP contribution in [-0.4, -0.2) is 32.9 Å². The number of ether oxygens (including phenoxy) is 2. The van der Waals surface area contributed by atoms with Crippen LogP contribution in [-0.2, 0) is 9.63 Å². The van der Waals surface area contributed by atoms with Gasteiger partial charge in [0.1, 0.15) is 0 Å². The molecule has 6 nitrogen and oxygen atoms in total. The van der Waals surface area contributed by atoms with Crippen molar-refractivity contribution in [3.63, 3.8) is 0 Å². The number of rotatable bonds is 9. The van der Waals surface area contributed by atoms with Gasteiger partial charge in [-0.2, -0.15) is 0 Å². The van der Waals surface area contributed by atoms with Crippen molar-refractivity contribution in [2.24, 2.45) is 5.16 Å². The summed E-state index contributed by atoms with van der Waals surface area (Å²) < 4.78 is 10.5. The van der Waals surface area contributed by atoms with Gasteiger partial charge in [-0.1, -0.05) is 51.0 Å². The number of anilines is 1. The van der Waals surface area contributed by atoms with Crippen LogP contribution in [0.25, 0.3) is 0 Å². The maximum absolute atomic E-state index is 12.4. The third-order valence-corrected chi connectivity index (χ3v) is 4.52. The smallest absolute Gasteiger partial charge is 0.265 e. The van der Waals surface area contributed by atoms with Crippen molar-refractivity contribution in [3.05, 3.63) is 53.1 Å². The first-order valence-corrected chi connectivity index (χ1v) is 9.67. The fourth-order valence-corrected chi connectivity index (χ4v) is 3.00. The predicted octanol–water partition coefficient (Wildman–Crippen LogP) is 4.94. The van der Waals surface area contributed by atoms with E-state index in [-0.39, 0.29) is 12.5 Å². The summed E-state index contributed by atoms with van der Waals surface area (Å²) in [6.45, 7) is 8.27. The Balaban J connectivity index is 2.01. The number of oxime groups is 1. The topological polar surface area (TPSA) is 69.2 Å². The summed E-state index contributed by atoms with van der Waals surface area (Å²) in [4.78, 5) is 17.6. The van der Waals surface area contributed by atoms with E-state index < -0.39 is 0 Å². The average molecular weight is 399 g/mol. The van der Waals surface area contributed by atoms with Crippen LogP contribution in [0.2, 0.25) is 0 Å². The van der Waals surface area contributed by atoms with E-state index in [1.165, 1.54) is 6.21 Å².